The van der Waals surface area contributed by atoms with E-state index < -0.39 is 11.4 Å². The summed E-state index contributed by atoms with van der Waals surface area (Å²) in [5.74, 6) is -0.208. The molecule has 0 amide bonds. The number of rotatable bonds is 9. The van der Waals surface area contributed by atoms with Gasteiger partial charge in [-0.3, -0.25) is 4.79 Å². The lowest BCUT2D eigenvalue weighted by atomic mass is 9.85. The van der Waals surface area contributed by atoms with Gasteiger partial charge in [0, 0.05) is 6.42 Å². The van der Waals surface area contributed by atoms with Gasteiger partial charge in [0.2, 0.25) is 6.29 Å². The smallest absolute Gasteiger partial charge is 0.317 e. The zero-order valence-electron chi connectivity index (χ0n) is 15.8. The molecule has 0 aliphatic rings. The fraction of sp³-hybridized carbons (Fsp3) is 0.650. The first kappa shape index (κ1) is 21.1. The highest BCUT2D eigenvalue weighted by Crippen LogP contribution is 2.35. The molecular formula is C20H33O3P. The minimum atomic E-state index is -0.590. The first-order valence-electron chi connectivity index (χ1n) is 8.79. The Labute approximate surface area is 149 Å². The maximum atomic E-state index is 12.5. The summed E-state index contributed by atoms with van der Waals surface area (Å²) in [7, 11) is 2.66. The van der Waals surface area contributed by atoms with Crippen LogP contribution < -0.4 is 0 Å². The van der Waals surface area contributed by atoms with Crippen LogP contribution in [-0.4, -0.2) is 24.0 Å². The first-order chi connectivity index (χ1) is 11.1. The number of hydrogen-bond donors (Lipinski definition) is 0. The predicted molar refractivity (Wildman–Crippen MR) is 103 cm³/mol. The van der Waals surface area contributed by atoms with Gasteiger partial charge in [-0.05, 0) is 30.7 Å². The lowest BCUT2D eigenvalue weighted by molar-refractivity contribution is -0.183. The Morgan fingerprint density at radius 1 is 1.17 bits per heavy atom. The monoisotopic (exact) mass is 352 g/mol. The second-order valence-corrected chi connectivity index (χ2v) is 9.16. The van der Waals surface area contributed by atoms with Crippen molar-refractivity contribution in [2.24, 2.45) is 5.41 Å². The quantitative estimate of drug-likeness (QED) is 0.357. The number of ether oxygens (including phenoxy) is 2. The molecule has 0 radical (unpaired) electrons. The summed E-state index contributed by atoms with van der Waals surface area (Å²) in [6.07, 6.45) is 2.73. The van der Waals surface area contributed by atoms with Crippen LogP contribution in [0.4, 0.5) is 0 Å². The molecule has 0 fully saturated rings. The summed E-state index contributed by atoms with van der Waals surface area (Å²) >= 11 is 0. The minimum Gasteiger partial charge on any atom is -0.435 e. The highest BCUT2D eigenvalue weighted by Gasteiger charge is 2.35. The Bertz CT molecular complexity index is 491. The van der Waals surface area contributed by atoms with Crippen molar-refractivity contribution in [3.05, 3.63) is 35.9 Å². The lowest BCUT2D eigenvalue weighted by Gasteiger charge is -2.31. The SMILES string of the molecule is CCCC(OCCc1ccccc1)OC(=O)C(C)(P)CC(C)(C)C. The molecule has 1 rings (SSSR count). The van der Waals surface area contributed by atoms with E-state index in [2.05, 4.69) is 49.1 Å². The minimum absolute atomic E-state index is 0.0595. The number of hydrogen-bond acceptors (Lipinski definition) is 3. The van der Waals surface area contributed by atoms with Crippen molar-refractivity contribution in [3.8, 4) is 0 Å². The first-order valence-corrected chi connectivity index (χ1v) is 9.37. The van der Waals surface area contributed by atoms with Crippen LogP contribution in [0.25, 0.3) is 0 Å². The molecule has 0 saturated carbocycles. The van der Waals surface area contributed by atoms with Crippen molar-refractivity contribution < 1.29 is 14.3 Å². The molecule has 3 atom stereocenters. The van der Waals surface area contributed by atoms with Gasteiger partial charge in [-0.1, -0.05) is 64.4 Å². The molecule has 0 N–H and O–H groups in total. The maximum absolute atomic E-state index is 12.5. The molecule has 0 bridgehead atoms. The molecule has 0 aliphatic heterocycles. The Balaban J connectivity index is 2.53. The van der Waals surface area contributed by atoms with Gasteiger partial charge in [-0.2, -0.15) is 0 Å². The largest absolute Gasteiger partial charge is 0.435 e. The molecular weight excluding hydrogens is 319 g/mol. The topological polar surface area (TPSA) is 35.5 Å². The molecule has 3 unspecified atom stereocenters. The van der Waals surface area contributed by atoms with Gasteiger partial charge in [0.05, 0.1) is 11.8 Å². The summed E-state index contributed by atoms with van der Waals surface area (Å²) in [5.41, 5.74) is 1.28. The van der Waals surface area contributed by atoms with Crippen LogP contribution in [0, 0.1) is 5.41 Å². The van der Waals surface area contributed by atoms with Crippen molar-refractivity contribution in [2.75, 3.05) is 6.61 Å². The standard InChI is InChI=1S/C20H33O3P/c1-6-10-17(22-14-13-16-11-8-7-9-12-16)23-18(21)20(5,24)15-19(2,3)4/h7-9,11-12,17H,6,10,13-15,24H2,1-5H3. The fourth-order valence-corrected chi connectivity index (χ4v) is 3.47. The van der Waals surface area contributed by atoms with Gasteiger partial charge < -0.3 is 9.47 Å². The van der Waals surface area contributed by atoms with Crippen LogP contribution in [0.3, 0.4) is 0 Å². The van der Waals surface area contributed by atoms with Crippen LogP contribution in [-0.2, 0) is 20.7 Å². The molecule has 0 heterocycles. The Morgan fingerprint density at radius 2 is 1.79 bits per heavy atom. The van der Waals surface area contributed by atoms with Crippen LogP contribution in [0.5, 0.6) is 0 Å². The van der Waals surface area contributed by atoms with Gasteiger partial charge in [0.1, 0.15) is 0 Å². The number of benzene rings is 1. The molecule has 0 aromatic heterocycles. The lowest BCUT2D eigenvalue weighted by Crippen LogP contribution is -2.37. The van der Waals surface area contributed by atoms with E-state index in [0.29, 0.717) is 6.61 Å². The van der Waals surface area contributed by atoms with Gasteiger partial charge in [-0.25, -0.2) is 0 Å². The number of carbonyl (C=O) groups is 1. The molecule has 136 valence electrons. The molecule has 0 spiro atoms. The van der Waals surface area contributed by atoms with E-state index in [1.807, 2.05) is 25.1 Å². The van der Waals surface area contributed by atoms with E-state index >= 15 is 0 Å². The molecule has 1 aromatic carbocycles. The van der Waals surface area contributed by atoms with Crippen LogP contribution in [0.15, 0.2) is 30.3 Å². The Morgan fingerprint density at radius 3 is 2.33 bits per heavy atom. The third kappa shape index (κ3) is 8.26. The van der Waals surface area contributed by atoms with Crippen molar-refractivity contribution >= 4 is 15.2 Å². The molecule has 0 saturated heterocycles. The van der Waals surface area contributed by atoms with Crippen LogP contribution >= 0.6 is 9.24 Å². The molecule has 4 heteroatoms. The summed E-state index contributed by atoms with van der Waals surface area (Å²) in [4.78, 5) is 12.5. The normalized spacial score (nSPS) is 15.6. The van der Waals surface area contributed by atoms with Crippen LogP contribution in [0.2, 0.25) is 0 Å². The zero-order valence-corrected chi connectivity index (χ0v) is 17.0. The Kier molecular flexibility index (Phi) is 8.39. The van der Waals surface area contributed by atoms with Gasteiger partial charge in [0.25, 0.3) is 0 Å². The van der Waals surface area contributed by atoms with Crippen molar-refractivity contribution in [1.82, 2.24) is 0 Å². The molecule has 1 aromatic rings. The van der Waals surface area contributed by atoms with Gasteiger partial charge in [-0.15, -0.1) is 9.24 Å². The number of esters is 1. The molecule has 3 nitrogen and oxygen atoms in total. The Hall–Kier alpha value is -0.920. The maximum Gasteiger partial charge on any atom is 0.317 e. The zero-order chi connectivity index (χ0) is 18.2. The predicted octanol–water partition coefficient (Wildman–Crippen LogP) is 4.99. The van der Waals surface area contributed by atoms with Crippen LogP contribution in [0.1, 0.15) is 59.4 Å². The molecule has 24 heavy (non-hydrogen) atoms. The summed E-state index contributed by atoms with van der Waals surface area (Å²) < 4.78 is 11.5. The van der Waals surface area contributed by atoms with Crippen molar-refractivity contribution in [3.63, 3.8) is 0 Å². The second kappa shape index (κ2) is 9.53. The third-order valence-electron chi connectivity index (χ3n) is 3.66. The average Bonchev–Trinajstić information content (AvgIpc) is 2.46. The summed E-state index contributed by atoms with van der Waals surface area (Å²) in [5, 5.41) is -0.590. The van der Waals surface area contributed by atoms with E-state index in [0.717, 1.165) is 25.7 Å². The van der Waals surface area contributed by atoms with E-state index in [9.17, 15) is 4.79 Å². The summed E-state index contributed by atoms with van der Waals surface area (Å²) in [6, 6.07) is 10.2. The summed E-state index contributed by atoms with van der Waals surface area (Å²) in [6.45, 7) is 10.9. The fourth-order valence-electron chi connectivity index (χ4n) is 2.79. The van der Waals surface area contributed by atoms with E-state index in [-0.39, 0.29) is 11.4 Å². The van der Waals surface area contributed by atoms with E-state index in [4.69, 9.17) is 9.47 Å². The highest BCUT2D eigenvalue weighted by molar-refractivity contribution is 7.20. The third-order valence-corrected chi connectivity index (χ3v) is 4.10. The van der Waals surface area contributed by atoms with Gasteiger partial charge in [0.15, 0.2) is 0 Å². The second-order valence-electron chi connectivity index (χ2n) is 7.88. The average molecular weight is 352 g/mol. The van der Waals surface area contributed by atoms with Crippen molar-refractivity contribution in [2.45, 2.75) is 71.7 Å². The van der Waals surface area contributed by atoms with E-state index in [1.165, 1.54) is 5.56 Å². The highest BCUT2D eigenvalue weighted by atomic mass is 31.0. The van der Waals surface area contributed by atoms with E-state index in [1.54, 1.807) is 0 Å². The molecule has 0 aliphatic carbocycles. The van der Waals surface area contributed by atoms with Crippen molar-refractivity contribution in [1.29, 1.82) is 0 Å². The number of carbonyl (C=O) groups excluding carboxylic acids is 1. The van der Waals surface area contributed by atoms with Gasteiger partial charge >= 0.3 is 5.97 Å².